The molecule has 0 unspecified atom stereocenters. The number of halogens is 3. The number of alkyl halides is 3. The van der Waals surface area contributed by atoms with E-state index < -0.39 is 6.30 Å². The minimum Gasteiger partial charge on any atom is -0.248 e. The highest BCUT2D eigenvalue weighted by Gasteiger charge is 2.29. The van der Waals surface area contributed by atoms with E-state index in [2.05, 4.69) is 18.8 Å². The lowest BCUT2D eigenvalue weighted by atomic mass is 10.4. The molecule has 2 nitrogen and oxygen atoms in total. The molecule has 0 spiro atoms. The van der Waals surface area contributed by atoms with Crippen LogP contribution >= 0.6 is 0 Å². The molecule has 1 heterocycles. The van der Waals surface area contributed by atoms with Crippen LogP contribution in [0.2, 0.25) is 0 Å². The van der Waals surface area contributed by atoms with Gasteiger partial charge in [0.25, 0.3) is 0 Å². The number of hydrogen-bond donors (Lipinski definition) is 0. The fourth-order valence-electron chi connectivity index (χ4n) is 0.409. The van der Waals surface area contributed by atoms with E-state index in [1.807, 2.05) is 0 Å². The average molecular weight is 194 g/mol. The summed E-state index contributed by atoms with van der Waals surface area (Å²) in [4.78, 5) is 3.23. The Labute approximate surface area is 75.4 Å². The Morgan fingerprint density at radius 2 is 1.77 bits per heavy atom. The first-order valence-corrected chi connectivity index (χ1v) is 4.07. The van der Waals surface area contributed by atoms with Gasteiger partial charge in [-0.3, -0.25) is 0 Å². The molecule has 1 aromatic heterocycles. The lowest BCUT2D eigenvalue weighted by Gasteiger charge is -2.03. The first-order valence-electron chi connectivity index (χ1n) is 4.07. The highest BCUT2D eigenvalue weighted by atomic mass is 19.4. The Hall–Kier alpha value is -1.00. The van der Waals surface area contributed by atoms with Gasteiger partial charge in [-0.25, -0.2) is 9.55 Å². The molecule has 0 radical (unpaired) electrons. The van der Waals surface area contributed by atoms with Gasteiger partial charge in [0.05, 0.1) is 0 Å². The van der Waals surface area contributed by atoms with E-state index in [1.54, 1.807) is 0 Å². The summed E-state index contributed by atoms with van der Waals surface area (Å²) in [7, 11) is 0. The monoisotopic (exact) mass is 194 g/mol. The second-order valence-corrected chi connectivity index (χ2v) is 2.44. The number of rotatable bonds is 1. The predicted molar refractivity (Wildman–Crippen MR) is 44.1 cm³/mol. The van der Waals surface area contributed by atoms with Gasteiger partial charge >= 0.3 is 6.30 Å². The number of unbranched alkanes of at least 4 members (excludes halogenated alkanes) is 1. The van der Waals surface area contributed by atoms with Crippen molar-refractivity contribution >= 4 is 0 Å². The molecule has 0 atom stereocenters. The van der Waals surface area contributed by atoms with Gasteiger partial charge in [-0.2, -0.15) is 0 Å². The topological polar surface area (TPSA) is 17.8 Å². The second-order valence-electron chi connectivity index (χ2n) is 2.44. The third kappa shape index (κ3) is 5.27. The lowest BCUT2D eigenvalue weighted by Crippen LogP contribution is -2.13. The lowest BCUT2D eigenvalue weighted by molar-refractivity contribution is -0.204. The molecule has 0 aromatic carbocycles. The van der Waals surface area contributed by atoms with E-state index in [0.29, 0.717) is 6.33 Å². The summed E-state index contributed by atoms with van der Waals surface area (Å²) in [6, 6.07) is 0. The van der Waals surface area contributed by atoms with Crippen molar-refractivity contribution in [3.63, 3.8) is 0 Å². The SMILES string of the molecule is CCCC.FC(F)(F)n1ccnc1. The first kappa shape index (κ1) is 12.0. The Morgan fingerprint density at radius 1 is 1.23 bits per heavy atom. The zero-order chi connectivity index (χ0) is 10.3. The molecule has 1 rings (SSSR count). The molecule has 0 saturated heterocycles. The predicted octanol–water partition coefficient (Wildman–Crippen LogP) is 3.17. The molecule has 76 valence electrons. The van der Waals surface area contributed by atoms with Gasteiger partial charge in [0.1, 0.15) is 6.33 Å². The van der Waals surface area contributed by atoms with E-state index in [1.165, 1.54) is 12.8 Å². The molecule has 0 aliphatic carbocycles. The van der Waals surface area contributed by atoms with E-state index in [9.17, 15) is 13.2 Å². The quantitative estimate of drug-likeness (QED) is 0.671. The summed E-state index contributed by atoms with van der Waals surface area (Å²) in [5, 5.41) is 0. The summed E-state index contributed by atoms with van der Waals surface area (Å²) in [5.74, 6) is 0. The van der Waals surface area contributed by atoms with Crippen LogP contribution in [0.4, 0.5) is 13.2 Å². The molecule has 0 saturated carbocycles. The zero-order valence-corrected chi connectivity index (χ0v) is 7.67. The second kappa shape index (κ2) is 5.61. The summed E-state index contributed by atoms with van der Waals surface area (Å²) < 4.78 is 34.7. The van der Waals surface area contributed by atoms with E-state index in [4.69, 9.17) is 0 Å². The van der Waals surface area contributed by atoms with Crippen molar-refractivity contribution in [2.45, 2.75) is 33.0 Å². The van der Waals surface area contributed by atoms with Gasteiger partial charge in [-0.1, -0.05) is 26.7 Å². The van der Waals surface area contributed by atoms with Crippen molar-refractivity contribution in [3.05, 3.63) is 18.7 Å². The Kier molecular flexibility index (Phi) is 5.18. The van der Waals surface area contributed by atoms with Crippen LogP contribution < -0.4 is 0 Å². The van der Waals surface area contributed by atoms with Gasteiger partial charge in [-0.15, -0.1) is 13.2 Å². The van der Waals surface area contributed by atoms with E-state index >= 15 is 0 Å². The van der Waals surface area contributed by atoms with Crippen LogP contribution in [0.15, 0.2) is 18.7 Å². The highest BCUT2D eigenvalue weighted by Crippen LogP contribution is 2.20. The van der Waals surface area contributed by atoms with Crippen molar-refractivity contribution in [2.24, 2.45) is 0 Å². The number of aromatic nitrogens is 2. The fraction of sp³-hybridized carbons (Fsp3) is 0.625. The zero-order valence-electron chi connectivity index (χ0n) is 7.67. The fourth-order valence-corrected chi connectivity index (χ4v) is 0.409. The van der Waals surface area contributed by atoms with Crippen LogP contribution in [-0.4, -0.2) is 9.55 Å². The van der Waals surface area contributed by atoms with Crippen LogP contribution in [0.25, 0.3) is 0 Å². The molecular weight excluding hydrogens is 181 g/mol. The molecule has 0 amide bonds. The standard InChI is InChI=1S/C4H3F3N2.C4H10/c5-4(6,7)9-2-1-8-3-9;1-3-4-2/h1-3H;3-4H2,1-2H3. The molecular formula is C8H13F3N2. The van der Waals surface area contributed by atoms with Gasteiger partial charge in [0.2, 0.25) is 0 Å². The van der Waals surface area contributed by atoms with Crippen LogP contribution in [0, 0.1) is 0 Å². The number of hydrogen-bond acceptors (Lipinski definition) is 1. The average Bonchev–Trinajstić information content (AvgIpc) is 2.55. The third-order valence-electron chi connectivity index (χ3n) is 1.30. The van der Waals surface area contributed by atoms with Crippen LogP contribution in [-0.2, 0) is 6.30 Å². The molecule has 0 N–H and O–H groups in total. The van der Waals surface area contributed by atoms with Crippen LogP contribution in [0.3, 0.4) is 0 Å². The Bertz CT molecular complexity index is 202. The molecule has 0 fully saturated rings. The van der Waals surface area contributed by atoms with Crippen molar-refractivity contribution < 1.29 is 13.2 Å². The van der Waals surface area contributed by atoms with Crippen molar-refractivity contribution in [2.75, 3.05) is 0 Å². The minimum atomic E-state index is -4.32. The van der Waals surface area contributed by atoms with Gasteiger partial charge in [0, 0.05) is 12.4 Å². The van der Waals surface area contributed by atoms with Gasteiger partial charge < -0.3 is 0 Å². The van der Waals surface area contributed by atoms with Crippen molar-refractivity contribution in [1.29, 1.82) is 0 Å². The van der Waals surface area contributed by atoms with Gasteiger partial charge in [0.15, 0.2) is 0 Å². The molecule has 1 aromatic rings. The van der Waals surface area contributed by atoms with Gasteiger partial charge in [-0.05, 0) is 0 Å². The van der Waals surface area contributed by atoms with Crippen molar-refractivity contribution in [1.82, 2.24) is 9.55 Å². The Balaban J connectivity index is 0.000000310. The number of nitrogens with zero attached hydrogens (tertiary/aromatic N) is 2. The molecule has 13 heavy (non-hydrogen) atoms. The minimum absolute atomic E-state index is 0.0764. The Morgan fingerprint density at radius 3 is 1.92 bits per heavy atom. The van der Waals surface area contributed by atoms with Crippen LogP contribution in [0.1, 0.15) is 26.7 Å². The first-order chi connectivity index (χ1) is 6.02. The summed E-state index contributed by atoms with van der Waals surface area (Å²) in [5.41, 5.74) is 0. The maximum Gasteiger partial charge on any atom is 0.489 e. The molecule has 0 aliphatic rings. The summed E-state index contributed by atoms with van der Waals surface area (Å²) >= 11 is 0. The molecule has 5 heteroatoms. The summed E-state index contributed by atoms with van der Waals surface area (Å²) in [6.07, 6.45) is 0.948. The largest absolute Gasteiger partial charge is 0.489 e. The molecule has 0 aliphatic heterocycles. The maximum absolute atomic E-state index is 11.5. The van der Waals surface area contributed by atoms with Crippen molar-refractivity contribution in [3.8, 4) is 0 Å². The third-order valence-corrected chi connectivity index (χ3v) is 1.30. The molecule has 0 bridgehead atoms. The van der Waals surface area contributed by atoms with Crippen LogP contribution in [0.5, 0.6) is 0 Å². The van der Waals surface area contributed by atoms with E-state index in [0.717, 1.165) is 12.4 Å². The number of imidazole rings is 1. The van der Waals surface area contributed by atoms with E-state index in [-0.39, 0.29) is 4.57 Å². The normalized spacial score (nSPS) is 10.5. The smallest absolute Gasteiger partial charge is 0.248 e. The maximum atomic E-state index is 11.5. The summed E-state index contributed by atoms with van der Waals surface area (Å²) in [6.45, 7) is 4.36. The highest BCUT2D eigenvalue weighted by molar-refractivity contribution is 4.75.